The Bertz CT molecular complexity index is 523. The molecule has 2 heterocycles. The molecule has 114 valence electrons. The summed E-state index contributed by atoms with van der Waals surface area (Å²) in [4.78, 5) is 17.1. The van der Waals surface area contributed by atoms with Crippen LogP contribution in [0.4, 0.5) is 5.69 Å². The smallest absolute Gasteiger partial charge is 0.244 e. The number of nitrogens with zero attached hydrogens (tertiary/aromatic N) is 2. The Balaban J connectivity index is 1.76. The lowest BCUT2D eigenvalue weighted by Gasteiger charge is -2.36. The summed E-state index contributed by atoms with van der Waals surface area (Å²) < 4.78 is 0. The Kier molecular flexibility index (Phi) is 4.00. The van der Waals surface area contributed by atoms with Crippen LogP contribution >= 0.6 is 0 Å². The van der Waals surface area contributed by atoms with E-state index >= 15 is 0 Å². The van der Waals surface area contributed by atoms with Crippen LogP contribution in [0.5, 0.6) is 0 Å². The van der Waals surface area contributed by atoms with Crippen molar-refractivity contribution in [1.82, 2.24) is 4.90 Å². The monoisotopic (exact) mass is 288 g/mol. The predicted molar refractivity (Wildman–Crippen MR) is 83.4 cm³/mol. The number of aliphatic hydroxyl groups is 1. The van der Waals surface area contributed by atoms with Gasteiger partial charge in [0, 0.05) is 24.8 Å². The summed E-state index contributed by atoms with van der Waals surface area (Å²) in [5, 5.41) is 9.61. The SMILES string of the molecule is C[C@H](C(=O)N1c2ccccc2C[C@@H]1C)N1CCC(O)CC1. The van der Waals surface area contributed by atoms with Gasteiger partial charge in [-0.2, -0.15) is 0 Å². The number of benzene rings is 1. The summed E-state index contributed by atoms with van der Waals surface area (Å²) in [5.41, 5.74) is 2.33. The first kappa shape index (κ1) is 14.5. The zero-order valence-corrected chi connectivity index (χ0v) is 12.8. The number of para-hydroxylation sites is 1. The van der Waals surface area contributed by atoms with Gasteiger partial charge in [0.1, 0.15) is 0 Å². The Morgan fingerprint density at radius 1 is 1.29 bits per heavy atom. The second kappa shape index (κ2) is 5.78. The van der Waals surface area contributed by atoms with Crippen LogP contribution in [0.15, 0.2) is 24.3 Å². The summed E-state index contributed by atoms with van der Waals surface area (Å²) >= 11 is 0. The van der Waals surface area contributed by atoms with E-state index in [1.54, 1.807) is 0 Å². The molecule has 1 saturated heterocycles. The van der Waals surface area contributed by atoms with Crippen molar-refractivity contribution >= 4 is 11.6 Å². The predicted octanol–water partition coefficient (Wildman–Crippen LogP) is 1.81. The molecule has 1 fully saturated rings. The molecular formula is C17H24N2O2. The van der Waals surface area contributed by atoms with Crippen molar-refractivity contribution in [2.24, 2.45) is 0 Å². The van der Waals surface area contributed by atoms with Crippen LogP contribution in [0, 0.1) is 0 Å². The van der Waals surface area contributed by atoms with E-state index in [4.69, 9.17) is 0 Å². The number of carbonyl (C=O) groups excluding carboxylic acids is 1. The normalized spacial score (nSPS) is 24.9. The maximum atomic E-state index is 12.9. The van der Waals surface area contributed by atoms with E-state index < -0.39 is 0 Å². The fourth-order valence-corrected chi connectivity index (χ4v) is 3.53. The van der Waals surface area contributed by atoms with Crippen molar-refractivity contribution in [3.05, 3.63) is 29.8 Å². The number of rotatable bonds is 2. The molecule has 1 aromatic rings. The average Bonchev–Trinajstić information content (AvgIpc) is 2.82. The van der Waals surface area contributed by atoms with Gasteiger partial charge >= 0.3 is 0 Å². The number of fused-ring (bicyclic) bond motifs is 1. The Morgan fingerprint density at radius 3 is 2.67 bits per heavy atom. The van der Waals surface area contributed by atoms with Gasteiger partial charge in [0.25, 0.3) is 0 Å². The lowest BCUT2D eigenvalue weighted by atomic mass is 10.1. The molecule has 21 heavy (non-hydrogen) atoms. The molecule has 0 saturated carbocycles. The molecule has 2 aliphatic rings. The van der Waals surface area contributed by atoms with Gasteiger partial charge in [0.2, 0.25) is 5.91 Å². The maximum absolute atomic E-state index is 12.9. The largest absolute Gasteiger partial charge is 0.393 e. The standard InChI is InChI=1S/C17H24N2O2/c1-12-11-14-5-3-4-6-16(14)19(12)17(21)13(2)18-9-7-15(20)8-10-18/h3-6,12-13,15,20H,7-11H2,1-2H3/t12-,13+/m0/s1. The van der Waals surface area contributed by atoms with Gasteiger partial charge in [-0.15, -0.1) is 0 Å². The zero-order chi connectivity index (χ0) is 15.0. The number of hydrogen-bond donors (Lipinski definition) is 1. The van der Waals surface area contributed by atoms with Gasteiger partial charge in [-0.3, -0.25) is 9.69 Å². The van der Waals surface area contributed by atoms with E-state index in [1.165, 1.54) is 5.56 Å². The van der Waals surface area contributed by atoms with Gasteiger partial charge in [0.05, 0.1) is 12.1 Å². The van der Waals surface area contributed by atoms with Gasteiger partial charge < -0.3 is 10.0 Å². The van der Waals surface area contributed by atoms with Crippen LogP contribution in [0.25, 0.3) is 0 Å². The third-order valence-corrected chi connectivity index (χ3v) is 4.85. The Labute approximate surface area is 126 Å². The number of aliphatic hydroxyl groups excluding tert-OH is 1. The van der Waals surface area contributed by atoms with E-state index in [0.717, 1.165) is 38.0 Å². The second-order valence-corrected chi connectivity index (χ2v) is 6.33. The summed E-state index contributed by atoms with van der Waals surface area (Å²) in [7, 11) is 0. The molecule has 2 aliphatic heterocycles. The Hall–Kier alpha value is -1.39. The molecule has 1 amide bonds. The van der Waals surface area contributed by atoms with Crippen molar-refractivity contribution in [3.8, 4) is 0 Å². The minimum absolute atomic E-state index is 0.119. The van der Waals surface area contributed by atoms with Crippen molar-refractivity contribution in [1.29, 1.82) is 0 Å². The molecular weight excluding hydrogens is 264 g/mol. The van der Waals surface area contributed by atoms with E-state index in [0.29, 0.717) is 0 Å². The molecule has 1 N–H and O–H groups in total. The van der Waals surface area contributed by atoms with E-state index in [2.05, 4.69) is 17.9 Å². The maximum Gasteiger partial charge on any atom is 0.244 e. The molecule has 0 aromatic heterocycles. The summed E-state index contributed by atoms with van der Waals surface area (Å²) in [6, 6.07) is 8.30. The minimum atomic E-state index is -0.199. The highest BCUT2D eigenvalue weighted by Gasteiger charge is 2.35. The van der Waals surface area contributed by atoms with Gasteiger partial charge in [0.15, 0.2) is 0 Å². The quantitative estimate of drug-likeness (QED) is 0.902. The number of piperidine rings is 1. The highest BCUT2D eigenvalue weighted by Crippen LogP contribution is 2.32. The van der Waals surface area contributed by atoms with Gasteiger partial charge in [-0.25, -0.2) is 0 Å². The first-order valence-corrected chi connectivity index (χ1v) is 7.91. The first-order valence-electron chi connectivity index (χ1n) is 7.91. The molecule has 0 aliphatic carbocycles. The third-order valence-electron chi connectivity index (χ3n) is 4.85. The number of carbonyl (C=O) groups is 1. The third kappa shape index (κ3) is 2.70. The topological polar surface area (TPSA) is 43.8 Å². The Morgan fingerprint density at radius 2 is 1.95 bits per heavy atom. The summed E-state index contributed by atoms with van der Waals surface area (Å²) in [6.07, 6.45) is 2.27. The van der Waals surface area contributed by atoms with Crippen LogP contribution in [0.1, 0.15) is 32.3 Å². The average molecular weight is 288 g/mol. The fourth-order valence-electron chi connectivity index (χ4n) is 3.53. The van der Waals surface area contributed by atoms with Crippen LogP contribution in [-0.2, 0) is 11.2 Å². The van der Waals surface area contributed by atoms with Crippen LogP contribution < -0.4 is 4.90 Å². The van der Waals surface area contributed by atoms with E-state index in [9.17, 15) is 9.90 Å². The molecule has 1 aromatic carbocycles. The van der Waals surface area contributed by atoms with Gasteiger partial charge in [-0.05, 0) is 44.7 Å². The number of amides is 1. The molecule has 0 radical (unpaired) electrons. The molecule has 3 rings (SSSR count). The summed E-state index contributed by atoms with van der Waals surface area (Å²) in [6.45, 7) is 5.72. The molecule has 0 unspecified atom stereocenters. The molecule has 4 nitrogen and oxygen atoms in total. The zero-order valence-electron chi connectivity index (χ0n) is 12.8. The summed E-state index contributed by atoms with van der Waals surface area (Å²) in [5.74, 6) is 0.184. The van der Waals surface area contributed by atoms with Crippen molar-refractivity contribution < 1.29 is 9.90 Å². The van der Waals surface area contributed by atoms with Crippen molar-refractivity contribution in [3.63, 3.8) is 0 Å². The van der Waals surface area contributed by atoms with Crippen LogP contribution in [0.3, 0.4) is 0 Å². The van der Waals surface area contributed by atoms with Crippen molar-refractivity contribution in [2.45, 2.75) is 51.3 Å². The lowest BCUT2D eigenvalue weighted by molar-refractivity contribution is -0.124. The number of anilines is 1. The van der Waals surface area contributed by atoms with Crippen LogP contribution in [-0.4, -0.2) is 47.2 Å². The second-order valence-electron chi connectivity index (χ2n) is 6.33. The van der Waals surface area contributed by atoms with Crippen LogP contribution in [0.2, 0.25) is 0 Å². The fraction of sp³-hybridized carbons (Fsp3) is 0.588. The molecule has 2 atom stereocenters. The molecule has 0 spiro atoms. The molecule has 4 heteroatoms. The number of hydrogen-bond acceptors (Lipinski definition) is 3. The highest BCUT2D eigenvalue weighted by molar-refractivity contribution is 5.99. The first-order chi connectivity index (χ1) is 10.1. The van der Waals surface area contributed by atoms with Gasteiger partial charge in [-0.1, -0.05) is 18.2 Å². The highest BCUT2D eigenvalue weighted by atomic mass is 16.3. The molecule has 0 bridgehead atoms. The van der Waals surface area contributed by atoms with E-state index in [-0.39, 0.29) is 24.1 Å². The van der Waals surface area contributed by atoms with Crippen molar-refractivity contribution in [2.75, 3.05) is 18.0 Å². The lowest BCUT2D eigenvalue weighted by Crippen LogP contribution is -2.51. The minimum Gasteiger partial charge on any atom is -0.393 e. The van der Waals surface area contributed by atoms with E-state index in [1.807, 2.05) is 30.0 Å². The number of likely N-dealkylation sites (tertiary alicyclic amines) is 1.